The molecule has 1 amide bonds. The first kappa shape index (κ1) is 16.0. The summed E-state index contributed by atoms with van der Waals surface area (Å²) in [5.74, 6) is 0.0751. The minimum Gasteiger partial charge on any atom is -0.497 e. The molecule has 0 saturated heterocycles. The molecule has 0 saturated carbocycles. The van der Waals surface area contributed by atoms with Gasteiger partial charge in [-0.1, -0.05) is 13.3 Å². The summed E-state index contributed by atoms with van der Waals surface area (Å²) in [6, 6.07) is 6.75. The van der Waals surface area contributed by atoms with E-state index >= 15 is 0 Å². The predicted octanol–water partition coefficient (Wildman–Crippen LogP) is 2.11. The predicted molar refractivity (Wildman–Crippen MR) is 75.8 cm³/mol. The van der Waals surface area contributed by atoms with Crippen molar-refractivity contribution < 1.29 is 19.1 Å². The maximum Gasteiger partial charge on any atom is 0.325 e. The van der Waals surface area contributed by atoms with Gasteiger partial charge in [0, 0.05) is 12.6 Å². The van der Waals surface area contributed by atoms with Crippen LogP contribution >= 0.6 is 0 Å². The molecule has 0 aliphatic heterocycles. The van der Waals surface area contributed by atoms with Gasteiger partial charge in [-0.15, -0.1) is 0 Å². The van der Waals surface area contributed by atoms with E-state index < -0.39 is 0 Å². The van der Waals surface area contributed by atoms with E-state index in [0.29, 0.717) is 17.9 Å². The molecule has 0 spiro atoms. The van der Waals surface area contributed by atoms with Crippen LogP contribution in [0.5, 0.6) is 5.75 Å². The Kier molecular flexibility index (Phi) is 6.56. The van der Waals surface area contributed by atoms with Crippen LogP contribution in [0.2, 0.25) is 0 Å². The molecular weight excluding hydrogens is 258 g/mol. The molecule has 1 aromatic rings. The minimum atomic E-state index is -0.386. The number of hydrogen-bond acceptors (Lipinski definition) is 4. The van der Waals surface area contributed by atoms with Gasteiger partial charge in [-0.25, -0.2) is 0 Å². The zero-order valence-electron chi connectivity index (χ0n) is 12.2. The molecule has 0 aromatic heterocycles. The first-order chi connectivity index (χ1) is 9.58. The van der Waals surface area contributed by atoms with E-state index in [9.17, 15) is 9.59 Å². The van der Waals surface area contributed by atoms with Crippen LogP contribution in [0.3, 0.4) is 0 Å². The summed E-state index contributed by atoms with van der Waals surface area (Å²) >= 11 is 0. The molecule has 110 valence electrons. The van der Waals surface area contributed by atoms with Crippen molar-refractivity contribution in [3.8, 4) is 5.75 Å². The van der Waals surface area contributed by atoms with Gasteiger partial charge in [0.2, 0.25) is 0 Å². The highest BCUT2D eigenvalue weighted by atomic mass is 16.5. The van der Waals surface area contributed by atoms with Gasteiger partial charge >= 0.3 is 5.97 Å². The van der Waals surface area contributed by atoms with Crippen LogP contribution < -0.4 is 4.74 Å². The van der Waals surface area contributed by atoms with Gasteiger partial charge in [0.1, 0.15) is 12.3 Å². The van der Waals surface area contributed by atoms with Crippen molar-refractivity contribution in [1.29, 1.82) is 0 Å². The van der Waals surface area contributed by atoms with Gasteiger partial charge in [0.15, 0.2) is 0 Å². The van der Waals surface area contributed by atoms with Gasteiger partial charge in [0.25, 0.3) is 5.91 Å². The van der Waals surface area contributed by atoms with Crippen LogP contribution in [-0.2, 0) is 9.53 Å². The molecule has 0 heterocycles. The van der Waals surface area contributed by atoms with Crippen LogP contribution in [-0.4, -0.2) is 44.1 Å². The zero-order valence-corrected chi connectivity index (χ0v) is 12.2. The van der Waals surface area contributed by atoms with Gasteiger partial charge < -0.3 is 14.4 Å². The van der Waals surface area contributed by atoms with E-state index in [1.54, 1.807) is 38.4 Å². The van der Waals surface area contributed by atoms with Gasteiger partial charge in [-0.05, 0) is 30.7 Å². The van der Waals surface area contributed by atoms with Crippen LogP contribution in [0.25, 0.3) is 0 Å². The number of ether oxygens (including phenoxy) is 2. The van der Waals surface area contributed by atoms with Gasteiger partial charge in [-0.3, -0.25) is 9.59 Å². The van der Waals surface area contributed by atoms with Crippen LogP contribution in [0, 0.1) is 0 Å². The number of likely N-dealkylation sites (N-methyl/N-ethyl adjacent to an activating group) is 1. The Morgan fingerprint density at radius 1 is 1.20 bits per heavy atom. The second kappa shape index (κ2) is 8.19. The van der Waals surface area contributed by atoms with Crippen molar-refractivity contribution in [1.82, 2.24) is 4.90 Å². The molecular formula is C15H21NO4. The fourth-order valence-corrected chi connectivity index (χ4v) is 1.60. The topological polar surface area (TPSA) is 55.8 Å². The molecule has 0 fully saturated rings. The van der Waals surface area contributed by atoms with E-state index in [1.807, 2.05) is 6.92 Å². The standard InChI is InChI=1S/C15H21NO4/c1-4-5-10-20-14(17)11-16(2)15(18)12-6-8-13(19-3)9-7-12/h6-9H,4-5,10-11H2,1-3H3. The number of carbonyl (C=O) groups excluding carboxylic acids is 2. The van der Waals surface area contributed by atoms with Crippen LogP contribution in [0.4, 0.5) is 0 Å². The summed E-state index contributed by atoms with van der Waals surface area (Å²) in [6.07, 6.45) is 1.80. The monoisotopic (exact) mass is 279 g/mol. The third-order valence-electron chi connectivity index (χ3n) is 2.81. The third-order valence-corrected chi connectivity index (χ3v) is 2.81. The van der Waals surface area contributed by atoms with Crippen LogP contribution in [0.15, 0.2) is 24.3 Å². The summed E-state index contributed by atoms with van der Waals surface area (Å²) in [4.78, 5) is 25.0. The van der Waals surface area contributed by atoms with Crippen molar-refractivity contribution in [3.05, 3.63) is 29.8 Å². The van der Waals surface area contributed by atoms with Crippen LogP contribution in [0.1, 0.15) is 30.1 Å². The van der Waals surface area contributed by atoms with E-state index in [4.69, 9.17) is 9.47 Å². The van der Waals surface area contributed by atoms with Crippen molar-refractivity contribution >= 4 is 11.9 Å². The SMILES string of the molecule is CCCCOC(=O)CN(C)C(=O)c1ccc(OC)cc1. The molecule has 1 rings (SSSR count). The number of amides is 1. The Morgan fingerprint density at radius 3 is 2.40 bits per heavy atom. The van der Waals surface area contributed by atoms with Crippen molar-refractivity contribution in [2.24, 2.45) is 0 Å². The highest BCUT2D eigenvalue weighted by Crippen LogP contribution is 2.12. The summed E-state index contributed by atoms with van der Waals surface area (Å²) < 4.78 is 10.1. The number of benzene rings is 1. The molecule has 0 bridgehead atoms. The average Bonchev–Trinajstić information content (AvgIpc) is 2.46. The van der Waals surface area contributed by atoms with E-state index in [-0.39, 0.29) is 18.4 Å². The highest BCUT2D eigenvalue weighted by molar-refractivity contribution is 5.95. The number of methoxy groups -OCH3 is 1. The summed E-state index contributed by atoms with van der Waals surface area (Å²) in [7, 11) is 3.14. The Morgan fingerprint density at radius 2 is 1.85 bits per heavy atom. The number of unbranched alkanes of at least 4 members (excludes halogenated alkanes) is 1. The first-order valence-corrected chi connectivity index (χ1v) is 6.63. The van der Waals surface area contributed by atoms with Crippen molar-refractivity contribution in [3.63, 3.8) is 0 Å². The lowest BCUT2D eigenvalue weighted by atomic mass is 10.2. The van der Waals surface area contributed by atoms with E-state index in [2.05, 4.69) is 0 Å². The third kappa shape index (κ3) is 4.91. The number of hydrogen-bond donors (Lipinski definition) is 0. The molecule has 5 heteroatoms. The average molecular weight is 279 g/mol. The Hall–Kier alpha value is -2.04. The number of esters is 1. The molecule has 0 N–H and O–H groups in total. The smallest absolute Gasteiger partial charge is 0.325 e. The molecule has 0 aliphatic carbocycles. The number of nitrogens with zero attached hydrogens (tertiary/aromatic N) is 1. The molecule has 5 nitrogen and oxygen atoms in total. The molecule has 0 unspecified atom stereocenters. The Balaban J connectivity index is 2.51. The summed E-state index contributed by atoms with van der Waals surface area (Å²) in [5.41, 5.74) is 0.509. The lowest BCUT2D eigenvalue weighted by Crippen LogP contribution is -2.33. The van der Waals surface area contributed by atoms with Gasteiger partial charge in [-0.2, -0.15) is 0 Å². The van der Waals surface area contributed by atoms with E-state index in [0.717, 1.165) is 12.8 Å². The number of rotatable bonds is 7. The number of carbonyl (C=O) groups is 2. The highest BCUT2D eigenvalue weighted by Gasteiger charge is 2.15. The lowest BCUT2D eigenvalue weighted by molar-refractivity contribution is -0.144. The molecule has 1 aromatic carbocycles. The Bertz CT molecular complexity index is 442. The second-order valence-corrected chi connectivity index (χ2v) is 4.46. The maximum atomic E-state index is 12.1. The largest absolute Gasteiger partial charge is 0.497 e. The molecule has 0 aliphatic rings. The second-order valence-electron chi connectivity index (χ2n) is 4.46. The first-order valence-electron chi connectivity index (χ1n) is 6.63. The molecule has 0 radical (unpaired) electrons. The van der Waals surface area contributed by atoms with Crippen molar-refractivity contribution in [2.45, 2.75) is 19.8 Å². The molecule has 0 atom stereocenters. The summed E-state index contributed by atoms with van der Waals surface area (Å²) in [6.45, 7) is 2.38. The van der Waals surface area contributed by atoms with Crippen molar-refractivity contribution in [2.75, 3.05) is 27.3 Å². The quantitative estimate of drug-likeness (QED) is 0.566. The lowest BCUT2D eigenvalue weighted by Gasteiger charge is -2.16. The normalized spacial score (nSPS) is 9.95. The van der Waals surface area contributed by atoms with Gasteiger partial charge in [0.05, 0.1) is 13.7 Å². The fraction of sp³-hybridized carbons (Fsp3) is 0.467. The molecule has 20 heavy (non-hydrogen) atoms. The summed E-state index contributed by atoms with van der Waals surface area (Å²) in [5, 5.41) is 0. The zero-order chi connectivity index (χ0) is 15.0. The van der Waals surface area contributed by atoms with E-state index in [1.165, 1.54) is 4.90 Å². The minimum absolute atomic E-state index is 0.0470. The Labute approximate surface area is 119 Å². The maximum absolute atomic E-state index is 12.1. The fourth-order valence-electron chi connectivity index (χ4n) is 1.60.